The van der Waals surface area contributed by atoms with Crippen molar-refractivity contribution in [3.63, 3.8) is 0 Å². The molecule has 0 spiro atoms. The Morgan fingerprint density at radius 1 is 1.47 bits per heavy atom. The first-order valence-corrected chi connectivity index (χ1v) is 7.99. The van der Waals surface area contributed by atoms with E-state index < -0.39 is 0 Å². The number of nitrogens with two attached hydrogens (primary N) is 1. The molecule has 0 saturated heterocycles. The molecule has 2 aromatic heterocycles. The Labute approximate surface area is 118 Å². The summed E-state index contributed by atoms with van der Waals surface area (Å²) in [6.07, 6.45) is 6.62. The van der Waals surface area contributed by atoms with Gasteiger partial charge in [-0.25, -0.2) is 4.98 Å². The summed E-state index contributed by atoms with van der Waals surface area (Å²) in [5.41, 5.74) is 8.89. The highest BCUT2D eigenvalue weighted by molar-refractivity contribution is 7.17. The molecule has 1 unspecified atom stereocenters. The van der Waals surface area contributed by atoms with Crippen LogP contribution in [-0.4, -0.2) is 15.9 Å². The Kier molecular flexibility index (Phi) is 3.18. The number of aryl methyl sites for hydroxylation is 1. The van der Waals surface area contributed by atoms with Gasteiger partial charge in [0.1, 0.15) is 0 Å². The van der Waals surface area contributed by atoms with Gasteiger partial charge in [0, 0.05) is 22.7 Å². The predicted octanol–water partition coefficient (Wildman–Crippen LogP) is 3.05. The molecule has 2 heterocycles. The lowest BCUT2D eigenvalue weighted by atomic mass is 9.73. The van der Waals surface area contributed by atoms with Crippen molar-refractivity contribution in [1.29, 1.82) is 0 Å². The van der Waals surface area contributed by atoms with Crippen molar-refractivity contribution < 1.29 is 0 Å². The molecule has 0 bridgehead atoms. The number of hydrogen-bond acceptors (Lipinski definition) is 3. The van der Waals surface area contributed by atoms with Gasteiger partial charge < -0.3 is 5.73 Å². The Hall–Kier alpha value is -0.870. The summed E-state index contributed by atoms with van der Waals surface area (Å²) in [6, 6.07) is 0. The van der Waals surface area contributed by atoms with E-state index in [1.165, 1.54) is 30.7 Å². The second kappa shape index (κ2) is 4.60. The van der Waals surface area contributed by atoms with Gasteiger partial charge in [-0.05, 0) is 37.1 Å². The summed E-state index contributed by atoms with van der Waals surface area (Å²) < 4.78 is 2.37. The topological polar surface area (TPSA) is 43.3 Å². The van der Waals surface area contributed by atoms with E-state index in [-0.39, 0.29) is 0 Å². The molecule has 0 fully saturated rings. The number of rotatable bonds is 2. The van der Waals surface area contributed by atoms with Crippen LogP contribution in [-0.2, 0) is 19.3 Å². The molecule has 2 N–H and O–H groups in total. The highest BCUT2D eigenvalue weighted by Crippen LogP contribution is 2.40. The minimum atomic E-state index is 0.407. The predicted molar refractivity (Wildman–Crippen MR) is 80.8 cm³/mol. The maximum atomic E-state index is 5.70. The SMILES string of the molecule is CC(C)(C)C1CCc2c(sc3ncc(CCN)n23)C1. The number of hydrogen-bond donors (Lipinski definition) is 1. The highest BCUT2D eigenvalue weighted by Gasteiger charge is 2.31. The summed E-state index contributed by atoms with van der Waals surface area (Å²) in [6.45, 7) is 7.78. The average Bonchev–Trinajstić information content (AvgIpc) is 2.87. The Morgan fingerprint density at radius 2 is 2.26 bits per heavy atom. The van der Waals surface area contributed by atoms with Gasteiger partial charge in [0.15, 0.2) is 4.96 Å². The van der Waals surface area contributed by atoms with E-state index in [4.69, 9.17) is 5.73 Å². The largest absolute Gasteiger partial charge is 0.330 e. The van der Waals surface area contributed by atoms with Crippen LogP contribution in [0.1, 0.15) is 43.5 Å². The zero-order valence-corrected chi connectivity index (χ0v) is 12.9. The molecule has 0 aliphatic heterocycles. The van der Waals surface area contributed by atoms with E-state index in [1.54, 1.807) is 4.88 Å². The fourth-order valence-corrected chi connectivity index (χ4v) is 4.37. The van der Waals surface area contributed by atoms with Crippen LogP contribution in [0.2, 0.25) is 0 Å². The summed E-state index contributed by atoms with van der Waals surface area (Å²) in [4.78, 5) is 7.26. The molecule has 104 valence electrons. The van der Waals surface area contributed by atoms with E-state index >= 15 is 0 Å². The zero-order valence-electron chi connectivity index (χ0n) is 12.1. The number of nitrogens with zero attached hydrogens (tertiary/aromatic N) is 2. The first-order valence-electron chi connectivity index (χ1n) is 7.17. The van der Waals surface area contributed by atoms with Crippen molar-refractivity contribution in [3.8, 4) is 0 Å². The molecule has 2 aromatic rings. The van der Waals surface area contributed by atoms with Crippen molar-refractivity contribution in [2.75, 3.05) is 6.54 Å². The minimum absolute atomic E-state index is 0.407. The third-order valence-electron chi connectivity index (χ3n) is 4.40. The number of thiazole rings is 1. The van der Waals surface area contributed by atoms with Crippen LogP contribution < -0.4 is 5.73 Å². The first kappa shape index (κ1) is 13.1. The standard InChI is InChI=1S/C15H23N3S/c1-15(2,3)10-4-5-12-13(8-10)19-14-17-9-11(6-7-16)18(12)14/h9-10H,4-8,16H2,1-3H3. The van der Waals surface area contributed by atoms with Gasteiger partial charge in [-0.3, -0.25) is 4.40 Å². The third kappa shape index (κ3) is 2.21. The summed E-state index contributed by atoms with van der Waals surface area (Å²) in [7, 11) is 0. The highest BCUT2D eigenvalue weighted by atomic mass is 32.1. The molecular weight excluding hydrogens is 254 g/mol. The van der Waals surface area contributed by atoms with Crippen LogP contribution in [0.3, 0.4) is 0 Å². The van der Waals surface area contributed by atoms with Crippen molar-refractivity contribution in [2.24, 2.45) is 17.1 Å². The molecule has 0 amide bonds. The monoisotopic (exact) mass is 277 g/mol. The number of aromatic nitrogens is 2. The molecule has 3 rings (SSSR count). The normalized spacial score (nSPS) is 19.9. The van der Waals surface area contributed by atoms with Crippen LogP contribution in [0.5, 0.6) is 0 Å². The van der Waals surface area contributed by atoms with Crippen LogP contribution in [0, 0.1) is 11.3 Å². The third-order valence-corrected chi connectivity index (χ3v) is 5.51. The number of imidazole rings is 1. The second-order valence-corrected chi connectivity index (χ2v) is 7.75. The Morgan fingerprint density at radius 3 is 2.95 bits per heavy atom. The lowest BCUT2D eigenvalue weighted by Gasteiger charge is -2.33. The molecule has 3 nitrogen and oxygen atoms in total. The summed E-state index contributed by atoms with van der Waals surface area (Å²) in [5.74, 6) is 0.793. The lowest BCUT2D eigenvalue weighted by molar-refractivity contribution is 0.216. The molecule has 1 atom stereocenters. The number of fused-ring (bicyclic) bond motifs is 3. The van der Waals surface area contributed by atoms with Crippen LogP contribution in [0.25, 0.3) is 4.96 Å². The maximum Gasteiger partial charge on any atom is 0.194 e. The molecule has 19 heavy (non-hydrogen) atoms. The van der Waals surface area contributed by atoms with Crippen LogP contribution in [0.15, 0.2) is 6.20 Å². The van der Waals surface area contributed by atoms with Crippen molar-refractivity contribution in [3.05, 3.63) is 22.5 Å². The van der Waals surface area contributed by atoms with E-state index in [9.17, 15) is 0 Å². The average molecular weight is 277 g/mol. The quantitative estimate of drug-likeness (QED) is 0.917. The van der Waals surface area contributed by atoms with Gasteiger partial charge in [0.25, 0.3) is 0 Å². The molecule has 0 radical (unpaired) electrons. The smallest absolute Gasteiger partial charge is 0.194 e. The Bertz CT molecular complexity index is 588. The maximum absolute atomic E-state index is 5.70. The fourth-order valence-electron chi connectivity index (χ4n) is 3.13. The first-order chi connectivity index (χ1) is 9.00. The van der Waals surface area contributed by atoms with Crippen molar-refractivity contribution in [2.45, 2.75) is 46.5 Å². The molecule has 4 heteroatoms. The molecule has 1 aliphatic carbocycles. The van der Waals surface area contributed by atoms with Crippen molar-refractivity contribution >= 4 is 16.3 Å². The zero-order chi connectivity index (χ0) is 13.6. The van der Waals surface area contributed by atoms with Crippen molar-refractivity contribution in [1.82, 2.24) is 9.38 Å². The fraction of sp³-hybridized carbons (Fsp3) is 0.667. The van der Waals surface area contributed by atoms with Crippen LogP contribution in [0.4, 0.5) is 0 Å². The summed E-state index contributed by atoms with van der Waals surface area (Å²) >= 11 is 1.88. The minimum Gasteiger partial charge on any atom is -0.330 e. The van der Waals surface area contributed by atoms with Crippen LogP contribution >= 0.6 is 11.3 Å². The van der Waals surface area contributed by atoms with Gasteiger partial charge in [-0.1, -0.05) is 20.8 Å². The lowest BCUT2D eigenvalue weighted by Crippen LogP contribution is -2.26. The second-order valence-electron chi connectivity index (χ2n) is 6.68. The molecular formula is C15H23N3S. The molecule has 0 aromatic carbocycles. The van der Waals surface area contributed by atoms with E-state index in [2.05, 4.69) is 30.2 Å². The Balaban J connectivity index is 1.99. The van der Waals surface area contributed by atoms with E-state index in [0.717, 1.165) is 17.3 Å². The van der Waals surface area contributed by atoms with Gasteiger partial charge in [0.2, 0.25) is 0 Å². The molecule has 1 aliphatic rings. The van der Waals surface area contributed by atoms with E-state index in [0.29, 0.717) is 12.0 Å². The van der Waals surface area contributed by atoms with E-state index in [1.807, 2.05) is 17.5 Å². The van der Waals surface area contributed by atoms with Gasteiger partial charge >= 0.3 is 0 Å². The van der Waals surface area contributed by atoms with Gasteiger partial charge in [-0.15, -0.1) is 11.3 Å². The molecule has 0 saturated carbocycles. The summed E-state index contributed by atoms with van der Waals surface area (Å²) in [5, 5.41) is 0. The van der Waals surface area contributed by atoms with Gasteiger partial charge in [-0.2, -0.15) is 0 Å². The van der Waals surface area contributed by atoms with Gasteiger partial charge in [0.05, 0.1) is 6.20 Å².